The van der Waals surface area contributed by atoms with Crippen molar-refractivity contribution < 1.29 is 14.7 Å². The molecule has 98 valence electrons. The summed E-state index contributed by atoms with van der Waals surface area (Å²) in [5.74, 6) is -0.686. The Morgan fingerprint density at radius 1 is 1.50 bits per heavy atom. The number of rotatable bonds is 3. The van der Waals surface area contributed by atoms with E-state index in [1.54, 1.807) is 0 Å². The highest BCUT2D eigenvalue weighted by Crippen LogP contribution is 2.18. The van der Waals surface area contributed by atoms with E-state index < -0.39 is 17.9 Å². The van der Waals surface area contributed by atoms with Crippen molar-refractivity contribution in [3.8, 4) is 0 Å². The van der Waals surface area contributed by atoms with E-state index >= 15 is 0 Å². The summed E-state index contributed by atoms with van der Waals surface area (Å²) < 4.78 is 0. The van der Waals surface area contributed by atoms with Crippen LogP contribution in [0.2, 0.25) is 0 Å². The van der Waals surface area contributed by atoms with Gasteiger partial charge in [-0.05, 0) is 19.3 Å². The standard InChI is InChI=1S/C11H16N4O3/c1-2-8-12-9(14-13-8)10(16)15-6-4-3-5-7(15)11(17)18/h7H,2-6H2,1H3,(H,17,18)(H,12,13,14)/t7-/m1/s1. The summed E-state index contributed by atoms with van der Waals surface area (Å²) in [6.07, 6.45) is 2.80. The molecule has 0 aliphatic carbocycles. The van der Waals surface area contributed by atoms with Gasteiger partial charge in [-0.2, -0.15) is 0 Å². The zero-order chi connectivity index (χ0) is 13.1. The molecule has 2 rings (SSSR count). The van der Waals surface area contributed by atoms with E-state index in [2.05, 4.69) is 15.2 Å². The quantitative estimate of drug-likeness (QED) is 0.813. The molecule has 0 bridgehead atoms. The van der Waals surface area contributed by atoms with Gasteiger partial charge < -0.3 is 10.0 Å². The summed E-state index contributed by atoms with van der Waals surface area (Å²) in [4.78, 5) is 28.7. The van der Waals surface area contributed by atoms with Crippen LogP contribution in [-0.4, -0.2) is 49.7 Å². The van der Waals surface area contributed by atoms with Crippen molar-refractivity contribution >= 4 is 11.9 Å². The van der Waals surface area contributed by atoms with Gasteiger partial charge in [0, 0.05) is 13.0 Å². The van der Waals surface area contributed by atoms with Crippen molar-refractivity contribution in [1.29, 1.82) is 0 Å². The van der Waals surface area contributed by atoms with Crippen LogP contribution in [0.5, 0.6) is 0 Å². The van der Waals surface area contributed by atoms with E-state index in [-0.39, 0.29) is 5.82 Å². The number of aliphatic carboxylic acids is 1. The SMILES string of the molecule is CCc1nc(C(=O)N2CCCC[C@@H]2C(=O)O)n[nH]1. The Bertz CT molecular complexity index is 457. The lowest BCUT2D eigenvalue weighted by Gasteiger charge is -2.31. The molecule has 1 saturated heterocycles. The molecule has 1 atom stereocenters. The van der Waals surface area contributed by atoms with Gasteiger partial charge >= 0.3 is 5.97 Å². The third kappa shape index (κ3) is 2.34. The largest absolute Gasteiger partial charge is 0.480 e. The minimum Gasteiger partial charge on any atom is -0.480 e. The number of aromatic amines is 1. The maximum Gasteiger partial charge on any atom is 0.326 e. The van der Waals surface area contributed by atoms with E-state index in [0.29, 0.717) is 25.2 Å². The lowest BCUT2D eigenvalue weighted by Crippen LogP contribution is -2.48. The fraction of sp³-hybridized carbons (Fsp3) is 0.636. The number of amides is 1. The van der Waals surface area contributed by atoms with Crippen molar-refractivity contribution in [3.63, 3.8) is 0 Å². The van der Waals surface area contributed by atoms with Gasteiger partial charge in [-0.25, -0.2) is 9.78 Å². The van der Waals surface area contributed by atoms with Crippen molar-refractivity contribution in [2.24, 2.45) is 0 Å². The molecule has 18 heavy (non-hydrogen) atoms. The highest BCUT2D eigenvalue weighted by molar-refractivity contribution is 5.93. The molecule has 1 aliphatic rings. The monoisotopic (exact) mass is 252 g/mol. The molecule has 1 amide bonds. The second-order valence-electron chi connectivity index (χ2n) is 4.31. The first-order chi connectivity index (χ1) is 8.63. The predicted octanol–water partition coefficient (Wildman–Crippen LogP) is 0.446. The number of piperidine rings is 1. The summed E-state index contributed by atoms with van der Waals surface area (Å²) >= 11 is 0. The van der Waals surface area contributed by atoms with E-state index in [9.17, 15) is 9.59 Å². The molecule has 0 saturated carbocycles. The third-order valence-corrected chi connectivity index (χ3v) is 3.11. The number of carboxylic acid groups (broad SMARTS) is 1. The molecular formula is C11H16N4O3. The fourth-order valence-corrected chi connectivity index (χ4v) is 2.11. The number of aromatic nitrogens is 3. The number of carbonyl (C=O) groups is 2. The van der Waals surface area contributed by atoms with Crippen molar-refractivity contribution in [3.05, 3.63) is 11.6 Å². The average Bonchev–Trinajstić information content (AvgIpc) is 2.86. The van der Waals surface area contributed by atoms with Crippen LogP contribution in [0.3, 0.4) is 0 Å². The Morgan fingerprint density at radius 3 is 2.89 bits per heavy atom. The molecule has 0 radical (unpaired) electrons. The molecule has 7 heteroatoms. The Balaban J connectivity index is 2.17. The maximum atomic E-state index is 12.2. The summed E-state index contributed by atoms with van der Waals surface area (Å²) in [5, 5.41) is 15.6. The molecule has 1 fully saturated rings. The van der Waals surface area contributed by atoms with Crippen LogP contribution in [0.25, 0.3) is 0 Å². The van der Waals surface area contributed by atoms with Crippen molar-refractivity contribution in [2.45, 2.75) is 38.6 Å². The minimum atomic E-state index is -0.964. The van der Waals surface area contributed by atoms with Crippen LogP contribution < -0.4 is 0 Å². The Kier molecular flexibility index (Phi) is 3.59. The Labute approximate surface area is 104 Å². The summed E-state index contributed by atoms with van der Waals surface area (Å²) in [6.45, 7) is 2.35. The Morgan fingerprint density at radius 2 is 2.28 bits per heavy atom. The molecule has 7 nitrogen and oxygen atoms in total. The first kappa shape index (κ1) is 12.5. The highest BCUT2D eigenvalue weighted by atomic mass is 16.4. The van der Waals surface area contributed by atoms with Gasteiger partial charge in [0.05, 0.1) is 0 Å². The predicted molar refractivity (Wildman–Crippen MR) is 62.1 cm³/mol. The summed E-state index contributed by atoms with van der Waals surface area (Å²) in [7, 11) is 0. The molecule has 1 aromatic heterocycles. The lowest BCUT2D eigenvalue weighted by molar-refractivity contribution is -0.143. The second kappa shape index (κ2) is 5.16. The van der Waals surface area contributed by atoms with Gasteiger partial charge in [0.1, 0.15) is 11.9 Å². The number of nitrogens with zero attached hydrogens (tertiary/aromatic N) is 3. The van der Waals surface area contributed by atoms with Gasteiger partial charge in [0.15, 0.2) is 0 Å². The number of aryl methyl sites for hydroxylation is 1. The number of likely N-dealkylation sites (tertiary alicyclic amines) is 1. The number of H-pyrrole nitrogens is 1. The van der Waals surface area contributed by atoms with E-state index in [1.807, 2.05) is 6.92 Å². The zero-order valence-electron chi connectivity index (χ0n) is 10.2. The van der Waals surface area contributed by atoms with Gasteiger partial charge in [-0.15, -0.1) is 5.10 Å². The van der Waals surface area contributed by atoms with Gasteiger partial charge in [0.25, 0.3) is 5.91 Å². The summed E-state index contributed by atoms with van der Waals surface area (Å²) in [5.41, 5.74) is 0. The highest BCUT2D eigenvalue weighted by Gasteiger charge is 2.33. The van der Waals surface area contributed by atoms with Crippen LogP contribution in [-0.2, 0) is 11.2 Å². The molecule has 0 spiro atoms. The number of hydrogen-bond donors (Lipinski definition) is 2. The van der Waals surface area contributed by atoms with Crippen LogP contribution in [0.15, 0.2) is 0 Å². The normalized spacial score (nSPS) is 19.8. The number of hydrogen-bond acceptors (Lipinski definition) is 4. The smallest absolute Gasteiger partial charge is 0.326 e. The first-order valence-corrected chi connectivity index (χ1v) is 6.08. The third-order valence-electron chi connectivity index (χ3n) is 3.11. The molecule has 0 aromatic carbocycles. The molecular weight excluding hydrogens is 236 g/mol. The van der Waals surface area contributed by atoms with Crippen molar-refractivity contribution in [1.82, 2.24) is 20.1 Å². The van der Waals surface area contributed by atoms with Crippen LogP contribution in [0, 0.1) is 0 Å². The first-order valence-electron chi connectivity index (χ1n) is 6.08. The van der Waals surface area contributed by atoms with Crippen LogP contribution in [0.4, 0.5) is 0 Å². The number of nitrogens with one attached hydrogen (secondary N) is 1. The van der Waals surface area contributed by atoms with Gasteiger partial charge in [0.2, 0.25) is 5.82 Å². The molecule has 1 aromatic rings. The fourth-order valence-electron chi connectivity index (χ4n) is 2.11. The van der Waals surface area contributed by atoms with E-state index in [4.69, 9.17) is 5.11 Å². The molecule has 1 aliphatic heterocycles. The number of carboxylic acids is 1. The van der Waals surface area contributed by atoms with E-state index in [1.165, 1.54) is 4.90 Å². The Hall–Kier alpha value is -1.92. The number of carbonyl (C=O) groups excluding carboxylic acids is 1. The molecule has 0 unspecified atom stereocenters. The lowest BCUT2D eigenvalue weighted by atomic mass is 10.0. The summed E-state index contributed by atoms with van der Waals surface area (Å²) in [6, 6.07) is -0.755. The minimum absolute atomic E-state index is 0.0556. The topological polar surface area (TPSA) is 99.2 Å². The van der Waals surface area contributed by atoms with E-state index in [0.717, 1.165) is 12.8 Å². The van der Waals surface area contributed by atoms with Crippen LogP contribution >= 0.6 is 0 Å². The maximum absolute atomic E-state index is 12.2. The average molecular weight is 252 g/mol. The zero-order valence-corrected chi connectivity index (χ0v) is 10.2. The van der Waals surface area contributed by atoms with Gasteiger partial charge in [-0.3, -0.25) is 9.89 Å². The molecule has 2 N–H and O–H groups in total. The van der Waals surface area contributed by atoms with Crippen molar-refractivity contribution in [2.75, 3.05) is 6.54 Å². The molecule has 2 heterocycles. The van der Waals surface area contributed by atoms with Crippen LogP contribution in [0.1, 0.15) is 42.6 Å². The van der Waals surface area contributed by atoms with Gasteiger partial charge in [-0.1, -0.05) is 6.92 Å². The second-order valence-corrected chi connectivity index (χ2v) is 4.31.